The second-order valence-corrected chi connectivity index (χ2v) is 7.06. The predicted molar refractivity (Wildman–Crippen MR) is 91.3 cm³/mol. The number of anilines is 1. The van der Waals surface area contributed by atoms with Crippen LogP contribution in [0.25, 0.3) is 0 Å². The topological polar surface area (TPSA) is 49.4 Å². The van der Waals surface area contributed by atoms with E-state index in [4.69, 9.17) is 0 Å². The van der Waals surface area contributed by atoms with Gasteiger partial charge in [-0.15, -0.1) is 0 Å². The van der Waals surface area contributed by atoms with Crippen molar-refractivity contribution in [1.82, 2.24) is 4.90 Å². The number of likely N-dealkylation sites (tertiary alicyclic amines) is 1. The van der Waals surface area contributed by atoms with Gasteiger partial charge in [-0.25, -0.2) is 0 Å². The van der Waals surface area contributed by atoms with Gasteiger partial charge in [0.15, 0.2) is 0 Å². The third-order valence-electron chi connectivity index (χ3n) is 5.13. The molecule has 1 N–H and O–H groups in total. The Labute approximate surface area is 138 Å². The molecule has 1 aliphatic carbocycles. The van der Waals surface area contributed by atoms with Crippen molar-refractivity contribution in [2.45, 2.75) is 52.4 Å². The van der Waals surface area contributed by atoms with Crippen molar-refractivity contribution >= 4 is 17.5 Å². The van der Waals surface area contributed by atoms with Crippen molar-refractivity contribution in [2.75, 3.05) is 18.4 Å². The first-order chi connectivity index (χ1) is 11.0. The van der Waals surface area contributed by atoms with Crippen LogP contribution < -0.4 is 5.32 Å². The van der Waals surface area contributed by atoms with E-state index in [2.05, 4.69) is 5.32 Å². The van der Waals surface area contributed by atoms with Gasteiger partial charge in [-0.05, 0) is 56.7 Å². The van der Waals surface area contributed by atoms with E-state index in [0.29, 0.717) is 12.8 Å². The summed E-state index contributed by atoms with van der Waals surface area (Å²) in [6.45, 7) is 5.59. The molecule has 0 radical (unpaired) electrons. The third kappa shape index (κ3) is 3.26. The maximum absolute atomic E-state index is 12.9. The van der Waals surface area contributed by atoms with E-state index >= 15 is 0 Å². The van der Waals surface area contributed by atoms with Crippen molar-refractivity contribution < 1.29 is 9.59 Å². The van der Waals surface area contributed by atoms with Gasteiger partial charge in [0.05, 0.1) is 0 Å². The van der Waals surface area contributed by atoms with Crippen LogP contribution in [-0.4, -0.2) is 29.8 Å². The van der Waals surface area contributed by atoms with Crippen LogP contribution in [0.4, 0.5) is 5.69 Å². The summed E-state index contributed by atoms with van der Waals surface area (Å²) in [4.78, 5) is 27.6. The normalized spacial score (nSPS) is 19.8. The molecule has 4 heteroatoms. The molecular formula is C19H26N2O2. The summed E-state index contributed by atoms with van der Waals surface area (Å²) in [6, 6.07) is 6.00. The zero-order valence-electron chi connectivity index (χ0n) is 14.2. The fourth-order valence-electron chi connectivity index (χ4n) is 3.35. The molecular weight excluding hydrogens is 288 g/mol. The van der Waals surface area contributed by atoms with Crippen molar-refractivity contribution in [2.24, 2.45) is 5.41 Å². The third-order valence-corrected chi connectivity index (χ3v) is 5.13. The van der Waals surface area contributed by atoms with Gasteiger partial charge in [-0.2, -0.15) is 0 Å². The Morgan fingerprint density at radius 3 is 2.30 bits per heavy atom. The van der Waals surface area contributed by atoms with Crippen molar-refractivity contribution in [3.05, 3.63) is 29.3 Å². The number of hydrogen-bond donors (Lipinski definition) is 1. The maximum Gasteiger partial charge on any atom is 0.240 e. The van der Waals surface area contributed by atoms with Crippen LogP contribution in [0.15, 0.2) is 18.2 Å². The Morgan fingerprint density at radius 1 is 1.04 bits per heavy atom. The molecule has 0 spiro atoms. The first-order valence-corrected chi connectivity index (χ1v) is 8.71. The molecule has 3 rings (SSSR count). The summed E-state index contributed by atoms with van der Waals surface area (Å²) >= 11 is 0. The highest BCUT2D eigenvalue weighted by Gasteiger charge is 2.58. The van der Waals surface area contributed by atoms with Crippen molar-refractivity contribution in [3.63, 3.8) is 0 Å². The summed E-state index contributed by atoms with van der Waals surface area (Å²) < 4.78 is 0. The minimum atomic E-state index is -0.805. The Kier molecular flexibility index (Phi) is 4.42. The highest BCUT2D eigenvalue weighted by atomic mass is 16.2. The van der Waals surface area contributed by atoms with E-state index in [0.717, 1.165) is 42.7 Å². The van der Waals surface area contributed by atoms with Crippen LogP contribution in [0.2, 0.25) is 0 Å². The Morgan fingerprint density at radius 2 is 1.70 bits per heavy atom. The van der Waals surface area contributed by atoms with Crippen LogP contribution in [-0.2, 0) is 9.59 Å². The fourth-order valence-corrected chi connectivity index (χ4v) is 3.35. The zero-order valence-corrected chi connectivity index (χ0v) is 14.2. The van der Waals surface area contributed by atoms with Gasteiger partial charge >= 0.3 is 0 Å². The summed E-state index contributed by atoms with van der Waals surface area (Å²) in [5.74, 6) is -0.0809. The standard InChI is InChI=1S/C19H26N2O2/c1-14-7-8-15(2)16(13-14)20-17(22)19(9-10-19)18(23)21-11-5-3-4-6-12-21/h7-8,13H,3-6,9-12H2,1-2H3,(H,20,22). The average Bonchev–Trinajstić information content (AvgIpc) is 3.34. The predicted octanol–water partition coefficient (Wildman–Crippen LogP) is 3.42. The molecule has 124 valence electrons. The number of nitrogens with one attached hydrogen (secondary N) is 1. The lowest BCUT2D eigenvalue weighted by Gasteiger charge is -2.25. The van der Waals surface area contributed by atoms with E-state index in [1.54, 1.807) is 0 Å². The van der Waals surface area contributed by atoms with Gasteiger partial charge in [0.2, 0.25) is 11.8 Å². The van der Waals surface area contributed by atoms with Crippen LogP contribution in [0.5, 0.6) is 0 Å². The molecule has 1 saturated heterocycles. The number of benzene rings is 1. The van der Waals surface area contributed by atoms with Gasteiger partial charge < -0.3 is 10.2 Å². The highest BCUT2D eigenvalue weighted by Crippen LogP contribution is 2.48. The Hall–Kier alpha value is -1.84. The van der Waals surface area contributed by atoms with Gasteiger partial charge in [0.1, 0.15) is 5.41 Å². The monoisotopic (exact) mass is 314 g/mol. The van der Waals surface area contributed by atoms with Gasteiger partial charge in [0.25, 0.3) is 0 Å². The number of rotatable bonds is 3. The minimum absolute atomic E-state index is 0.0437. The minimum Gasteiger partial charge on any atom is -0.342 e. The van der Waals surface area contributed by atoms with Crippen LogP contribution in [0, 0.1) is 19.3 Å². The molecule has 2 amide bonds. The van der Waals surface area contributed by atoms with Gasteiger partial charge in [-0.3, -0.25) is 9.59 Å². The van der Waals surface area contributed by atoms with Gasteiger partial charge in [0, 0.05) is 18.8 Å². The lowest BCUT2D eigenvalue weighted by molar-refractivity contribution is -0.142. The van der Waals surface area contributed by atoms with Crippen molar-refractivity contribution in [1.29, 1.82) is 0 Å². The van der Waals surface area contributed by atoms with E-state index in [-0.39, 0.29) is 11.8 Å². The fraction of sp³-hybridized carbons (Fsp3) is 0.579. The van der Waals surface area contributed by atoms with E-state index < -0.39 is 5.41 Å². The maximum atomic E-state index is 12.9. The second-order valence-electron chi connectivity index (χ2n) is 7.06. The first-order valence-electron chi connectivity index (χ1n) is 8.71. The molecule has 1 aromatic rings. The molecule has 2 aliphatic rings. The largest absolute Gasteiger partial charge is 0.342 e. The summed E-state index contributed by atoms with van der Waals surface area (Å²) in [5, 5.41) is 3.00. The van der Waals surface area contributed by atoms with Crippen LogP contribution in [0.3, 0.4) is 0 Å². The molecule has 1 aliphatic heterocycles. The molecule has 1 heterocycles. The quantitative estimate of drug-likeness (QED) is 0.869. The van der Waals surface area contributed by atoms with Crippen LogP contribution in [0.1, 0.15) is 49.7 Å². The molecule has 23 heavy (non-hydrogen) atoms. The molecule has 0 aromatic heterocycles. The van der Waals surface area contributed by atoms with E-state index in [1.165, 1.54) is 12.8 Å². The Bertz CT molecular complexity index is 612. The molecule has 1 saturated carbocycles. The van der Waals surface area contributed by atoms with Gasteiger partial charge in [-0.1, -0.05) is 25.0 Å². The molecule has 1 aromatic carbocycles. The number of hydrogen-bond acceptors (Lipinski definition) is 2. The highest BCUT2D eigenvalue weighted by molar-refractivity contribution is 6.13. The number of carbonyl (C=O) groups is 2. The lowest BCUT2D eigenvalue weighted by Crippen LogP contribution is -2.43. The number of aryl methyl sites for hydroxylation is 2. The molecule has 4 nitrogen and oxygen atoms in total. The first kappa shape index (κ1) is 16.0. The smallest absolute Gasteiger partial charge is 0.240 e. The molecule has 2 fully saturated rings. The van der Waals surface area contributed by atoms with E-state index in [1.807, 2.05) is 36.9 Å². The molecule has 0 unspecified atom stereocenters. The number of amides is 2. The number of carbonyl (C=O) groups excluding carboxylic acids is 2. The zero-order chi connectivity index (χ0) is 16.4. The second kappa shape index (κ2) is 6.34. The lowest BCUT2D eigenvalue weighted by atomic mass is 10.0. The van der Waals surface area contributed by atoms with Crippen molar-refractivity contribution in [3.8, 4) is 0 Å². The average molecular weight is 314 g/mol. The summed E-state index contributed by atoms with van der Waals surface area (Å²) in [7, 11) is 0. The SMILES string of the molecule is Cc1ccc(C)c(NC(=O)C2(C(=O)N3CCCCCC3)CC2)c1. The number of nitrogens with zero attached hydrogens (tertiary/aromatic N) is 1. The molecule has 0 atom stereocenters. The summed E-state index contributed by atoms with van der Waals surface area (Å²) in [6.07, 6.45) is 5.84. The summed E-state index contributed by atoms with van der Waals surface area (Å²) in [5.41, 5.74) is 2.15. The van der Waals surface area contributed by atoms with Crippen LogP contribution >= 0.6 is 0 Å². The Balaban J connectivity index is 1.73. The van der Waals surface area contributed by atoms with E-state index in [9.17, 15) is 9.59 Å². The molecule has 0 bridgehead atoms.